The lowest BCUT2D eigenvalue weighted by atomic mass is 10.2. The average molecular weight is 315 g/mol. The van der Waals surface area contributed by atoms with E-state index in [0.717, 1.165) is 25.3 Å². The van der Waals surface area contributed by atoms with Gasteiger partial charge >= 0.3 is 0 Å². The summed E-state index contributed by atoms with van der Waals surface area (Å²) in [5, 5.41) is 7.93. The molecule has 1 saturated heterocycles. The molecule has 1 fully saturated rings. The Bertz CT molecular complexity index is 402. The number of aryl methyl sites for hydroxylation is 2. The third-order valence-corrected chi connectivity index (χ3v) is 4.78. The van der Waals surface area contributed by atoms with Gasteiger partial charge in [0, 0.05) is 26.2 Å². The van der Waals surface area contributed by atoms with Gasteiger partial charge in [0.05, 0.1) is 15.9 Å². The monoisotopic (exact) mass is 314 g/mol. The highest BCUT2D eigenvalue weighted by molar-refractivity contribution is 9.10. The fourth-order valence-corrected chi connectivity index (χ4v) is 3.15. The minimum absolute atomic E-state index is 0.673. The van der Waals surface area contributed by atoms with Crippen molar-refractivity contribution >= 4 is 15.9 Å². The summed E-state index contributed by atoms with van der Waals surface area (Å²) in [6.45, 7) is 8.57. The van der Waals surface area contributed by atoms with Crippen molar-refractivity contribution in [2.75, 3.05) is 19.6 Å². The maximum absolute atomic E-state index is 4.47. The molecule has 18 heavy (non-hydrogen) atoms. The number of nitrogens with one attached hydrogen (secondary N) is 1. The van der Waals surface area contributed by atoms with Gasteiger partial charge < -0.3 is 5.32 Å². The lowest BCUT2D eigenvalue weighted by molar-refractivity contribution is 0.234. The molecular formula is C13H23BrN4. The SMILES string of the molecule is CCNCC1CCCN1Cc1c(Br)c(C)nn1C. The Hall–Kier alpha value is -0.390. The van der Waals surface area contributed by atoms with Crippen molar-refractivity contribution < 1.29 is 0 Å². The normalized spacial score (nSPS) is 20.8. The molecule has 102 valence electrons. The molecular weight excluding hydrogens is 292 g/mol. The summed E-state index contributed by atoms with van der Waals surface area (Å²) < 4.78 is 3.17. The molecule has 1 N–H and O–H groups in total. The van der Waals surface area contributed by atoms with Crippen LogP contribution in [0.3, 0.4) is 0 Å². The highest BCUT2D eigenvalue weighted by atomic mass is 79.9. The number of halogens is 1. The van der Waals surface area contributed by atoms with E-state index in [0.29, 0.717) is 6.04 Å². The molecule has 0 aromatic carbocycles. The van der Waals surface area contributed by atoms with Gasteiger partial charge in [0.15, 0.2) is 0 Å². The zero-order valence-electron chi connectivity index (χ0n) is 11.5. The number of hydrogen-bond acceptors (Lipinski definition) is 3. The summed E-state index contributed by atoms with van der Waals surface area (Å²) in [6.07, 6.45) is 2.62. The topological polar surface area (TPSA) is 33.1 Å². The van der Waals surface area contributed by atoms with E-state index in [9.17, 15) is 0 Å². The van der Waals surface area contributed by atoms with Crippen molar-refractivity contribution in [1.82, 2.24) is 20.0 Å². The molecule has 1 aromatic heterocycles. The van der Waals surface area contributed by atoms with Crippen LogP contribution in [0.4, 0.5) is 0 Å². The standard InChI is InChI=1S/C13H23BrN4/c1-4-15-8-11-6-5-7-18(11)9-12-13(14)10(2)16-17(12)3/h11,15H,4-9H2,1-3H3. The second kappa shape index (κ2) is 6.17. The van der Waals surface area contributed by atoms with Crippen molar-refractivity contribution in [3.05, 3.63) is 15.9 Å². The van der Waals surface area contributed by atoms with E-state index in [-0.39, 0.29) is 0 Å². The largest absolute Gasteiger partial charge is 0.315 e. The van der Waals surface area contributed by atoms with E-state index in [4.69, 9.17) is 0 Å². The Morgan fingerprint density at radius 1 is 1.50 bits per heavy atom. The molecule has 5 heteroatoms. The molecule has 1 aliphatic heterocycles. The van der Waals surface area contributed by atoms with Crippen LogP contribution in [0.25, 0.3) is 0 Å². The molecule has 2 rings (SSSR count). The van der Waals surface area contributed by atoms with E-state index < -0.39 is 0 Å². The van der Waals surface area contributed by atoms with E-state index >= 15 is 0 Å². The van der Waals surface area contributed by atoms with Crippen LogP contribution >= 0.6 is 15.9 Å². The van der Waals surface area contributed by atoms with Crippen molar-refractivity contribution in [2.24, 2.45) is 7.05 Å². The summed E-state index contributed by atoms with van der Waals surface area (Å²) in [5.74, 6) is 0. The Morgan fingerprint density at radius 2 is 2.28 bits per heavy atom. The first-order valence-corrected chi connectivity index (χ1v) is 7.55. The van der Waals surface area contributed by atoms with Gasteiger partial charge in [-0.25, -0.2) is 0 Å². The van der Waals surface area contributed by atoms with Crippen LogP contribution in [-0.2, 0) is 13.6 Å². The molecule has 1 aliphatic rings. The van der Waals surface area contributed by atoms with E-state index in [1.807, 2.05) is 18.7 Å². The molecule has 0 bridgehead atoms. The highest BCUT2D eigenvalue weighted by Gasteiger charge is 2.25. The minimum Gasteiger partial charge on any atom is -0.315 e. The second-order valence-electron chi connectivity index (χ2n) is 5.04. The Labute approximate surface area is 118 Å². The van der Waals surface area contributed by atoms with Crippen molar-refractivity contribution in [1.29, 1.82) is 0 Å². The molecule has 1 aromatic rings. The van der Waals surface area contributed by atoms with Crippen LogP contribution in [0, 0.1) is 6.92 Å². The maximum atomic E-state index is 4.47. The number of nitrogens with zero attached hydrogens (tertiary/aromatic N) is 3. The van der Waals surface area contributed by atoms with E-state index in [1.54, 1.807) is 0 Å². The number of hydrogen-bond donors (Lipinski definition) is 1. The van der Waals surface area contributed by atoms with E-state index in [2.05, 4.69) is 38.2 Å². The predicted octanol–water partition coefficient (Wildman–Crippen LogP) is 2.06. The highest BCUT2D eigenvalue weighted by Crippen LogP contribution is 2.25. The number of likely N-dealkylation sites (tertiary alicyclic amines) is 1. The molecule has 0 radical (unpaired) electrons. The van der Waals surface area contributed by atoms with E-state index in [1.165, 1.54) is 29.6 Å². The minimum atomic E-state index is 0.673. The number of aromatic nitrogens is 2. The smallest absolute Gasteiger partial charge is 0.0739 e. The third-order valence-electron chi connectivity index (χ3n) is 3.74. The van der Waals surface area contributed by atoms with Crippen LogP contribution in [0.1, 0.15) is 31.2 Å². The summed E-state index contributed by atoms with van der Waals surface area (Å²) in [5.41, 5.74) is 2.37. The van der Waals surface area contributed by atoms with Crippen LogP contribution in [0.5, 0.6) is 0 Å². The molecule has 0 amide bonds. The summed E-state index contributed by atoms with van der Waals surface area (Å²) in [4.78, 5) is 2.57. The quantitative estimate of drug-likeness (QED) is 0.903. The molecule has 1 atom stereocenters. The molecule has 0 spiro atoms. The van der Waals surface area contributed by atoms with Gasteiger partial charge in [-0.3, -0.25) is 9.58 Å². The Morgan fingerprint density at radius 3 is 2.89 bits per heavy atom. The molecule has 0 aliphatic carbocycles. The van der Waals surface area contributed by atoms with Crippen LogP contribution in [-0.4, -0.2) is 40.4 Å². The number of rotatable bonds is 5. The fourth-order valence-electron chi connectivity index (χ4n) is 2.69. The van der Waals surface area contributed by atoms with Gasteiger partial charge in [-0.2, -0.15) is 5.10 Å². The lowest BCUT2D eigenvalue weighted by Crippen LogP contribution is -2.37. The first kappa shape index (κ1) is 14.0. The lowest BCUT2D eigenvalue weighted by Gasteiger charge is -2.24. The van der Waals surface area contributed by atoms with Crippen LogP contribution in [0.2, 0.25) is 0 Å². The summed E-state index contributed by atoms with van der Waals surface area (Å²) in [6, 6.07) is 0.673. The van der Waals surface area contributed by atoms with Crippen molar-refractivity contribution in [3.63, 3.8) is 0 Å². The van der Waals surface area contributed by atoms with Crippen LogP contribution < -0.4 is 5.32 Å². The third kappa shape index (κ3) is 2.95. The first-order chi connectivity index (χ1) is 8.63. The van der Waals surface area contributed by atoms with Gasteiger partial charge in [0.25, 0.3) is 0 Å². The predicted molar refractivity (Wildman–Crippen MR) is 77.6 cm³/mol. The van der Waals surface area contributed by atoms with Crippen LogP contribution in [0.15, 0.2) is 4.47 Å². The Kier molecular flexibility index (Phi) is 4.81. The Balaban J connectivity index is 2.03. The second-order valence-corrected chi connectivity index (χ2v) is 5.84. The fraction of sp³-hybridized carbons (Fsp3) is 0.769. The molecule has 4 nitrogen and oxygen atoms in total. The zero-order valence-corrected chi connectivity index (χ0v) is 13.1. The maximum Gasteiger partial charge on any atom is 0.0739 e. The van der Waals surface area contributed by atoms with Gasteiger partial charge in [0.2, 0.25) is 0 Å². The molecule has 0 saturated carbocycles. The van der Waals surface area contributed by atoms with Gasteiger partial charge in [-0.1, -0.05) is 6.92 Å². The average Bonchev–Trinajstić information content (AvgIpc) is 2.87. The van der Waals surface area contributed by atoms with Crippen molar-refractivity contribution in [3.8, 4) is 0 Å². The molecule has 1 unspecified atom stereocenters. The first-order valence-electron chi connectivity index (χ1n) is 6.76. The van der Waals surface area contributed by atoms with Gasteiger partial charge in [0.1, 0.15) is 0 Å². The number of likely N-dealkylation sites (N-methyl/N-ethyl adjacent to an activating group) is 1. The van der Waals surface area contributed by atoms with Gasteiger partial charge in [-0.15, -0.1) is 0 Å². The molecule has 2 heterocycles. The zero-order chi connectivity index (χ0) is 13.1. The summed E-state index contributed by atoms with van der Waals surface area (Å²) >= 11 is 3.66. The van der Waals surface area contributed by atoms with Crippen molar-refractivity contribution in [2.45, 2.75) is 39.3 Å². The summed E-state index contributed by atoms with van der Waals surface area (Å²) in [7, 11) is 2.03. The van der Waals surface area contributed by atoms with Gasteiger partial charge in [-0.05, 0) is 48.8 Å².